The van der Waals surface area contributed by atoms with Crippen molar-refractivity contribution in [3.05, 3.63) is 76.0 Å². The van der Waals surface area contributed by atoms with Gasteiger partial charge in [-0.1, -0.05) is 30.3 Å². The van der Waals surface area contributed by atoms with Crippen molar-refractivity contribution in [2.45, 2.75) is 6.42 Å². The van der Waals surface area contributed by atoms with E-state index in [0.29, 0.717) is 12.0 Å². The molecule has 0 amide bonds. The van der Waals surface area contributed by atoms with Crippen molar-refractivity contribution in [2.24, 2.45) is 0 Å². The lowest BCUT2D eigenvalue weighted by molar-refractivity contribution is 0.104. The molecule has 6 heteroatoms. The third-order valence-electron chi connectivity index (χ3n) is 3.16. The number of aromatic amines is 1. The highest BCUT2D eigenvalue weighted by molar-refractivity contribution is 7.08. The van der Waals surface area contributed by atoms with Crippen LogP contribution in [0.15, 0.2) is 53.5 Å². The van der Waals surface area contributed by atoms with Gasteiger partial charge in [-0.2, -0.15) is 16.4 Å². The number of hydrogen-bond acceptors (Lipinski definition) is 5. The van der Waals surface area contributed by atoms with Gasteiger partial charge in [0.05, 0.1) is 0 Å². The zero-order valence-electron chi connectivity index (χ0n) is 11.6. The molecule has 1 aromatic carbocycles. The number of allylic oxidation sites excluding steroid dienone is 1. The standard InChI is InChI=1S/C16H13N3O2S/c20-14(7-15(21)16-17-10-18-19-16)13-9-22-8-12(13)6-11-4-2-1-3-5-11/h1-5,7-10,21H,6H2,(H,17,18,19). The Morgan fingerprint density at radius 2 is 2.09 bits per heavy atom. The lowest BCUT2D eigenvalue weighted by Crippen LogP contribution is -2.00. The molecule has 0 saturated carbocycles. The number of benzene rings is 1. The van der Waals surface area contributed by atoms with Crippen LogP contribution in [0.5, 0.6) is 0 Å². The number of hydrogen-bond donors (Lipinski definition) is 2. The second-order valence-electron chi connectivity index (χ2n) is 4.69. The fraction of sp³-hybridized carbons (Fsp3) is 0.0625. The molecule has 0 aliphatic carbocycles. The first kappa shape index (κ1) is 14.2. The van der Waals surface area contributed by atoms with Gasteiger partial charge in [0, 0.05) is 17.0 Å². The van der Waals surface area contributed by atoms with Crippen molar-refractivity contribution in [1.82, 2.24) is 15.2 Å². The number of rotatable bonds is 5. The molecular weight excluding hydrogens is 298 g/mol. The van der Waals surface area contributed by atoms with E-state index in [-0.39, 0.29) is 17.4 Å². The summed E-state index contributed by atoms with van der Waals surface area (Å²) in [6, 6.07) is 9.94. The first-order valence-corrected chi connectivity index (χ1v) is 7.58. The molecule has 0 aliphatic rings. The second kappa shape index (κ2) is 6.36. The van der Waals surface area contributed by atoms with Crippen LogP contribution in [-0.4, -0.2) is 26.1 Å². The lowest BCUT2D eigenvalue weighted by Gasteiger charge is -2.02. The fourth-order valence-corrected chi connectivity index (χ4v) is 2.94. The van der Waals surface area contributed by atoms with Crippen LogP contribution in [-0.2, 0) is 6.42 Å². The smallest absolute Gasteiger partial charge is 0.215 e. The number of nitrogens with one attached hydrogen (secondary N) is 1. The minimum Gasteiger partial charge on any atom is -0.504 e. The van der Waals surface area contributed by atoms with E-state index in [1.807, 2.05) is 35.7 Å². The van der Waals surface area contributed by atoms with Gasteiger partial charge >= 0.3 is 0 Å². The summed E-state index contributed by atoms with van der Waals surface area (Å²) in [7, 11) is 0. The molecule has 0 fully saturated rings. The monoisotopic (exact) mass is 311 g/mol. The SMILES string of the molecule is O=C(C=C(O)c1nc[nH]n1)c1cscc1Cc1ccccc1. The van der Waals surface area contributed by atoms with Crippen LogP contribution in [0, 0.1) is 0 Å². The van der Waals surface area contributed by atoms with Gasteiger partial charge in [0.1, 0.15) is 6.33 Å². The van der Waals surface area contributed by atoms with Gasteiger partial charge in [-0.25, -0.2) is 4.98 Å². The number of ketones is 1. The maximum absolute atomic E-state index is 12.3. The number of aliphatic hydroxyl groups is 1. The summed E-state index contributed by atoms with van der Waals surface area (Å²) >= 11 is 1.47. The number of thiophene rings is 1. The summed E-state index contributed by atoms with van der Waals surface area (Å²) < 4.78 is 0. The lowest BCUT2D eigenvalue weighted by atomic mass is 10.0. The normalized spacial score (nSPS) is 11.5. The van der Waals surface area contributed by atoms with Crippen LogP contribution in [0.4, 0.5) is 0 Å². The predicted octanol–water partition coefficient (Wildman–Crippen LogP) is 3.24. The van der Waals surface area contributed by atoms with E-state index in [1.54, 1.807) is 5.38 Å². The first-order valence-electron chi connectivity index (χ1n) is 6.64. The Morgan fingerprint density at radius 1 is 1.27 bits per heavy atom. The molecule has 0 atom stereocenters. The van der Waals surface area contributed by atoms with E-state index in [0.717, 1.165) is 17.2 Å². The molecule has 0 aliphatic heterocycles. The summed E-state index contributed by atoms with van der Waals surface area (Å²) in [6.07, 6.45) is 3.18. The Labute approximate surface area is 131 Å². The number of aromatic nitrogens is 3. The Hall–Kier alpha value is -2.73. The van der Waals surface area contributed by atoms with Gasteiger partial charge in [0.25, 0.3) is 0 Å². The molecule has 0 radical (unpaired) electrons. The highest BCUT2D eigenvalue weighted by Crippen LogP contribution is 2.21. The van der Waals surface area contributed by atoms with Crippen molar-refractivity contribution in [1.29, 1.82) is 0 Å². The van der Waals surface area contributed by atoms with Gasteiger partial charge in [-0.15, -0.1) is 0 Å². The number of carbonyl (C=O) groups is 1. The molecule has 5 nitrogen and oxygen atoms in total. The van der Waals surface area contributed by atoms with E-state index >= 15 is 0 Å². The number of carbonyl (C=O) groups excluding carboxylic acids is 1. The number of nitrogens with zero attached hydrogens (tertiary/aromatic N) is 2. The maximum atomic E-state index is 12.3. The summed E-state index contributed by atoms with van der Waals surface area (Å²) in [5, 5.41) is 19.8. The summed E-state index contributed by atoms with van der Waals surface area (Å²) in [5.41, 5.74) is 2.67. The zero-order valence-corrected chi connectivity index (χ0v) is 12.4. The van der Waals surface area contributed by atoms with Crippen LogP contribution in [0.1, 0.15) is 27.3 Å². The van der Waals surface area contributed by atoms with E-state index in [9.17, 15) is 9.90 Å². The third-order valence-corrected chi connectivity index (χ3v) is 3.95. The van der Waals surface area contributed by atoms with E-state index in [1.165, 1.54) is 17.7 Å². The number of H-pyrrole nitrogens is 1. The van der Waals surface area contributed by atoms with Crippen molar-refractivity contribution < 1.29 is 9.90 Å². The molecule has 22 heavy (non-hydrogen) atoms. The van der Waals surface area contributed by atoms with Gasteiger partial charge in [0.2, 0.25) is 5.82 Å². The molecule has 3 aromatic rings. The maximum Gasteiger partial charge on any atom is 0.215 e. The predicted molar refractivity (Wildman–Crippen MR) is 84.9 cm³/mol. The molecular formula is C16H13N3O2S. The van der Waals surface area contributed by atoms with Crippen LogP contribution in [0.25, 0.3) is 5.76 Å². The Balaban J connectivity index is 1.82. The second-order valence-corrected chi connectivity index (χ2v) is 5.43. The largest absolute Gasteiger partial charge is 0.504 e. The highest BCUT2D eigenvalue weighted by atomic mass is 32.1. The fourth-order valence-electron chi connectivity index (χ4n) is 2.09. The van der Waals surface area contributed by atoms with Crippen LogP contribution >= 0.6 is 11.3 Å². The first-order chi connectivity index (χ1) is 10.7. The van der Waals surface area contributed by atoms with Crippen molar-refractivity contribution in [3.8, 4) is 0 Å². The average Bonchev–Trinajstić information content (AvgIpc) is 3.19. The molecule has 3 rings (SSSR count). The molecule has 0 unspecified atom stereocenters. The Morgan fingerprint density at radius 3 is 2.82 bits per heavy atom. The third kappa shape index (κ3) is 3.12. The quantitative estimate of drug-likeness (QED) is 0.431. The van der Waals surface area contributed by atoms with E-state index in [2.05, 4.69) is 15.2 Å². The van der Waals surface area contributed by atoms with Gasteiger partial charge < -0.3 is 5.11 Å². The van der Waals surface area contributed by atoms with Crippen LogP contribution < -0.4 is 0 Å². The van der Waals surface area contributed by atoms with E-state index < -0.39 is 0 Å². The number of aliphatic hydroxyl groups excluding tert-OH is 1. The average molecular weight is 311 g/mol. The molecule has 0 bridgehead atoms. The topological polar surface area (TPSA) is 78.9 Å². The Bertz CT molecular complexity index is 792. The molecule has 2 aromatic heterocycles. The van der Waals surface area contributed by atoms with Gasteiger partial charge in [-0.05, 0) is 22.9 Å². The van der Waals surface area contributed by atoms with Crippen LogP contribution in [0.3, 0.4) is 0 Å². The van der Waals surface area contributed by atoms with Gasteiger partial charge in [0.15, 0.2) is 11.5 Å². The van der Waals surface area contributed by atoms with E-state index in [4.69, 9.17) is 0 Å². The minimum atomic E-state index is -0.255. The minimum absolute atomic E-state index is 0.105. The van der Waals surface area contributed by atoms with Crippen molar-refractivity contribution >= 4 is 22.9 Å². The van der Waals surface area contributed by atoms with Gasteiger partial charge in [-0.3, -0.25) is 9.89 Å². The highest BCUT2D eigenvalue weighted by Gasteiger charge is 2.13. The summed E-state index contributed by atoms with van der Waals surface area (Å²) in [4.78, 5) is 16.1. The summed E-state index contributed by atoms with van der Waals surface area (Å²) in [6.45, 7) is 0. The molecule has 2 heterocycles. The van der Waals surface area contributed by atoms with Crippen molar-refractivity contribution in [2.75, 3.05) is 0 Å². The summed E-state index contributed by atoms with van der Waals surface area (Å²) in [5.74, 6) is -0.397. The molecule has 110 valence electrons. The molecule has 2 N–H and O–H groups in total. The zero-order chi connectivity index (χ0) is 15.4. The molecule has 0 saturated heterocycles. The van der Waals surface area contributed by atoms with Crippen LogP contribution in [0.2, 0.25) is 0 Å². The Kier molecular flexibility index (Phi) is 4.11. The van der Waals surface area contributed by atoms with Crippen molar-refractivity contribution in [3.63, 3.8) is 0 Å². The molecule has 0 spiro atoms.